The highest BCUT2D eigenvalue weighted by atomic mass is 32.2. The number of hydrogen-bond acceptors (Lipinski definition) is 11. The van der Waals surface area contributed by atoms with Gasteiger partial charge in [0.15, 0.2) is 9.84 Å². The lowest BCUT2D eigenvalue weighted by atomic mass is 9.77. The molecule has 0 aromatic heterocycles. The molecule has 0 aromatic carbocycles. The highest BCUT2D eigenvalue weighted by Crippen LogP contribution is 2.37. The minimum absolute atomic E-state index is 0.0857. The van der Waals surface area contributed by atoms with Crippen LogP contribution in [0.5, 0.6) is 0 Å². The van der Waals surface area contributed by atoms with Crippen molar-refractivity contribution < 1.29 is 52.7 Å². The highest BCUT2D eigenvalue weighted by molar-refractivity contribution is 7.92. The Kier molecular flexibility index (Phi) is 12.0. The molecular weight excluding hydrogens is 574 g/mol. The second-order valence-corrected chi connectivity index (χ2v) is 15.1. The summed E-state index contributed by atoms with van der Waals surface area (Å²) >= 11 is 0. The third-order valence-corrected chi connectivity index (χ3v) is 12.8. The standard InChI is InChI=1S/C28H45NO12S/c30-27(31)26-15-20(29(33)34)5-14-25(26)28(32)40-21-6-10-23(11-7-21)42(36,37)24-12-8-22(9-13-24)41-39-17-19-4-2-1-3-18(19)16-38-35/h18-26,35H,1-17H2,(H,30,31). The van der Waals surface area contributed by atoms with Crippen molar-refractivity contribution in [2.24, 2.45) is 23.7 Å². The molecule has 240 valence electrons. The molecule has 4 fully saturated rings. The van der Waals surface area contributed by atoms with Crippen molar-refractivity contribution >= 4 is 21.8 Å². The fourth-order valence-electron chi connectivity index (χ4n) is 7.40. The smallest absolute Gasteiger partial charge is 0.310 e. The molecule has 14 heteroatoms. The Morgan fingerprint density at radius 2 is 1.36 bits per heavy atom. The van der Waals surface area contributed by atoms with Crippen LogP contribution in [-0.4, -0.2) is 77.6 Å². The Bertz CT molecular complexity index is 1020. The van der Waals surface area contributed by atoms with Crippen molar-refractivity contribution in [3.8, 4) is 0 Å². The number of esters is 1. The number of carboxylic acids is 1. The van der Waals surface area contributed by atoms with Crippen molar-refractivity contribution in [2.75, 3.05) is 13.2 Å². The number of sulfone groups is 1. The Balaban J connectivity index is 1.18. The van der Waals surface area contributed by atoms with Gasteiger partial charge in [0.1, 0.15) is 6.10 Å². The number of nitro groups is 1. The molecule has 4 rings (SSSR count). The molecule has 4 aliphatic rings. The van der Waals surface area contributed by atoms with Gasteiger partial charge < -0.3 is 9.84 Å². The number of carboxylic acid groups (broad SMARTS) is 1. The lowest BCUT2D eigenvalue weighted by Gasteiger charge is -2.35. The molecule has 4 aliphatic carbocycles. The van der Waals surface area contributed by atoms with E-state index in [1.54, 1.807) is 0 Å². The van der Waals surface area contributed by atoms with Crippen LogP contribution in [0.25, 0.3) is 0 Å². The molecule has 0 aliphatic heterocycles. The minimum atomic E-state index is -3.38. The molecule has 0 amide bonds. The van der Waals surface area contributed by atoms with Crippen LogP contribution in [0, 0.1) is 33.8 Å². The lowest BCUT2D eigenvalue weighted by molar-refractivity contribution is -0.528. The average molecular weight is 620 g/mol. The summed E-state index contributed by atoms with van der Waals surface area (Å²) in [6.45, 7) is 0.719. The second-order valence-electron chi connectivity index (χ2n) is 12.6. The van der Waals surface area contributed by atoms with E-state index in [9.17, 15) is 33.2 Å². The summed E-state index contributed by atoms with van der Waals surface area (Å²) in [5.74, 6) is -3.48. The van der Waals surface area contributed by atoms with Crippen molar-refractivity contribution in [3.05, 3.63) is 10.1 Å². The minimum Gasteiger partial charge on any atom is -0.481 e. The first kappa shape index (κ1) is 33.0. The van der Waals surface area contributed by atoms with E-state index < -0.39 is 61.2 Å². The first-order valence-corrected chi connectivity index (χ1v) is 17.0. The van der Waals surface area contributed by atoms with Gasteiger partial charge in [0, 0.05) is 17.8 Å². The summed E-state index contributed by atoms with van der Waals surface area (Å²) in [6, 6.07) is -0.979. The van der Waals surface area contributed by atoms with E-state index >= 15 is 0 Å². The van der Waals surface area contributed by atoms with E-state index in [-0.39, 0.29) is 37.2 Å². The quantitative estimate of drug-likeness (QED) is 0.139. The number of ether oxygens (including phenoxy) is 1. The lowest BCUT2D eigenvalue weighted by Crippen LogP contribution is -2.43. The molecule has 13 nitrogen and oxygen atoms in total. The molecule has 2 N–H and O–H groups in total. The molecule has 0 radical (unpaired) electrons. The number of carbonyl (C=O) groups excluding carboxylic acids is 1. The van der Waals surface area contributed by atoms with Crippen LogP contribution in [0.15, 0.2) is 0 Å². The maximum absolute atomic E-state index is 13.4. The van der Waals surface area contributed by atoms with Crippen LogP contribution in [0.3, 0.4) is 0 Å². The molecular formula is C28H45NO12S. The molecule has 5 atom stereocenters. The highest BCUT2D eigenvalue weighted by Gasteiger charge is 2.45. The maximum atomic E-state index is 13.4. The van der Waals surface area contributed by atoms with Crippen molar-refractivity contribution in [3.63, 3.8) is 0 Å². The maximum Gasteiger partial charge on any atom is 0.310 e. The molecule has 0 aromatic rings. The summed E-state index contributed by atoms with van der Waals surface area (Å²) in [6.07, 6.45) is 7.27. The molecule has 0 bridgehead atoms. The van der Waals surface area contributed by atoms with Gasteiger partial charge in [-0.3, -0.25) is 25.0 Å². The van der Waals surface area contributed by atoms with Gasteiger partial charge in [0.05, 0.1) is 41.7 Å². The molecule has 4 saturated carbocycles. The summed E-state index contributed by atoms with van der Waals surface area (Å²) in [4.78, 5) is 50.7. The second kappa shape index (κ2) is 15.2. The van der Waals surface area contributed by atoms with E-state index in [1.165, 1.54) is 0 Å². The van der Waals surface area contributed by atoms with Gasteiger partial charge in [0.2, 0.25) is 6.04 Å². The van der Waals surface area contributed by atoms with Gasteiger partial charge >= 0.3 is 11.9 Å². The van der Waals surface area contributed by atoms with E-state index in [1.807, 2.05) is 0 Å². The monoisotopic (exact) mass is 619 g/mol. The normalized spacial score (nSPS) is 36.2. The average Bonchev–Trinajstić information content (AvgIpc) is 2.98. The number of carbonyl (C=O) groups is 2. The zero-order valence-electron chi connectivity index (χ0n) is 24.0. The summed E-state index contributed by atoms with van der Waals surface area (Å²) in [7, 11) is -3.38. The number of aliphatic carboxylic acids is 1. The van der Waals surface area contributed by atoms with E-state index in [4.69, 9.17) is 19.8 Å². The fraction of sp³-hybridized carbons (Fsp3) is 0.929. The van der Waals surface area contributed by atoms with Gasteiger partial charge in [-0.05, 0) is 82.5 Å². The predicted molar refractivity (Wildman–Crippen MR) is 147 cm³/mol. The van der Waals surface area contributed by atoms with Gasteiger partial charge in [-0.25, -0.2) is 23.1 Å². The van der Waals surface area contributed by atoms with E-state index in [0.717, 1.165) is 25.7 Å². The summed E-state index contributed by atoms with van der Waals surface area (Å²) in [5, 5.41) is 28.5. The first-order valence-electron chi connectivity index (χ1n) is 15.4. The number of nitrogens with zero attached hydrogens (tertiary/aromatic N) is 1. The van der Waals surface area contributed by atoms with Gasteiger partial charge in [0.25, 0.3) is 0 Å². The zero-order chi connectivity index (χ0) is 30.3. The van der Waals surface area contributed by atoms with E-state index in [0.29, 0.717) is 64.6 Å². The molecule has 0 spiro atoms. The third kappa shape index (κ3) is 8.40. The van der Waals surface area contributed by atoms with Crippen LogP contribution in [0.1, 0.15) is 96.3 Å². The third-order valence-electron chi connectivity index (χ3n) is 10.0. The topological polar surface area (TPSA) is 189 Å². The Morgan fingerprint density at radius 1 is 0.786 bits per heavy atom. The largest absolute Gasteiger partial charge is 0.481 e. The van der Waals surface area contributed by atoms with Gasteiger partial charge in [-0.1, -0.05) is 12.8 Å². The number of rotatable bonds is 12. The number of hydrogen-bond donors (Lipinski definition) is 2. The summed E-state index contributed by atoms with van der Waals surface area (Å²) < 4.78 is 32.4. The van der Waals surface area contributed by atoms with Crippen molar-refractivity contribution in [2.45, 2.75) is 125 Å². The van der Waals surface area contributed by atoms with Crippen LogP contribution in [0.4, 0.5) is 0 Å². The molecule has 0 heterocycles. The van der Waals surface area contributed by atoms with Crippen LogP contribution in [0.2, 0.25) is 0 Å². The van der Waals surface area contributed by atoms with Crippen LogP contribution in [-0.2, 0) is 38.8 Å². The van der Waals surface area contributed by atoms with Crippen molar-refractivity contribution in [1.29, 1.82) is 0 Å². The fourth-order valence-corrected chi connectivity index (χ4v) is 9.80. The van der Waals surface area contributed by atoms with E-state index in [2.05, 4.69) is 4.89 Å². The predicted octanol–water partition coefficient (Wildman–Crippen LogP) is 3.96. The molecule has 42 heavy (non-hydrogen) atoms. The van der Waals surface area contributed by atoms with Crippen molar-refractivity contribution in [1.82, 2.24) is 0 Å². The summed E-state index contributed by atoms with van der Waals surface area (Å²) in [5.41, 5.74) is 0. The van der Waals surface area contributed by atoms with Gasteiger partial charge in [-0.15, -0.1) is 0 Å². The Labute approximate surface area is 246 Å². The molecule has 5 unspecified atom stereocenters. The first-order chi connectivity index (χ1) is 20.1. The zero-order valence-corrected chi connectivity index (χ0v) is 24.9. The molecule has 0 saturated heterocycles. The van der Waals surface area contributed by atoms with Gasteiger partial charge in [-0.2, -0.15) is 0 Å². The Hall–Kier alpha value is -1.87. The Morgan fingerprint density at radius 3 is 1.90 bits per heavy atom. The van der Waals surface area contributed by atoms with Crippen LogP contribution < -0.4 is 0 Å². The van der Waals surface area contributed by atoms with Crippen LogP contribution >= 0.6 is 0 Å². The SMILES string of the molecule is O=C(O)C1CC([N+](=O)[O-])CCC1C(=O)OC1CCC(S(=O)(=O)C2CCC(OOCC3CCCCC3COO)CC2)CC1.